The van der Waals surface area contributed by atoms with E-state index in [1.807, 2.05) is 0 Å². The van der Waals surface area contributed by atoms with Gasteiger partial charge in [-0.2, -0.15) is 0 Å². The van der Waals surface area contributed by atoms with Gasteiger partial charge in [0, 0.05) is 17.1 Å². The zero-order valence-electron chi connectivity index (χ0n) is 15.3. The molecule has 5 nitrogen and oxygen atoms in total. The van der Waals surface area contributed by atoms with Crippen LogP contribution in [0.4, 0.5) is 14.5 Å². The number of nitrogens with zero attached hydrogens (tertiary/aromatic N) is 2. The minimum Gasteiger partial charge on any atom is -0.322 e. The first-order valence-corrected chi connectivity index (χ1v) is 9.59. The predicted molar refractivity (Wildman–Crippen MR) is 108 cm³/mol. The van der Waals surface area contributed by atoms with E-state index < -0.39 is 17.2 Å². The number of H-pyrrole nitrogens is 1. The zero-order chi connectivity index (χ0) is 20.5. The van der Waals surface area contributed by atoms with E-state index in [1.165, 1.54) is 58.7 Å². The number of amides is 1. The Morgan fingerprint density at radius 1 is 1.10 bits per heavy atom. The maximum atomic E-state index is 13.6. The number of aromatic amines is 1. The summed E-state index contributed by atoms with van der Waals surface area (Å²) in [4.78, 5) is 34.0. The molecule has 2 heterocycles. The second-order valence-electron chi connectivity index (χ2n) is 6.48. The molecule has 0 saturated heterocycles. The fraction of sp³-hybridized carbons (Fsp3) is 0.0952. The number of halogens is 2. The summed E-state index contributed by atoms with van der Waals surface area (Å²) in [6.45, 7) is 1.78. The Bertz CT molecular complexity index is 1270. The van der Waals surface area contributed by atoms with Gasteiger partial charge in [0.1, 0.15) is 16.5 Å². The van der Waals surface area contributed by atoms with Gasteiger partial charge in [-0.25, -0.2) is 13.8 Å². The molecular formula is C21H15F2N3O2S. The molecule has 0 aliphatic rings. The van der Waals surface area contributed by atoms with E-state index in [2.05, 4.69) is 9.97 Å². The summed E-state index contributed by atoms with van der Waals surface area (Å²) in [5.41, 5.74) is 3.12. The molecule has 0 aliphatic heterocycles. The van der Waals surface area contributed by atoms with Crippen molar-refractivity contribution in [1.29, 1.82) is 0 Å². The smallest absolute Gasteiger partial charge is 0.270 e. The molecule has 29 heavy (non-hydrogen) atoms. The van der Waals surface area contributed by atoms with Crippen molar-refractivity contribution in [2.24, 2.45) is 0 Å². The maximum Gasteiger partial charge on any atom is 0.270 e. The van der Waals surface area contributed by atoms with Crippen molar-refractivity contribution in [2.75, 3.05) is 4.90 Å². The number of fused-ring (bicyclic) bond motifs is 1. The number of rotatable bonds is 4. The number of thiazole rings is 1. The van der Waals surface area contributed by atoms with Crippen molar-refractivity contribution in [3.63, 3.8) is 0 Å². The van der Waals surface area contributed by atoms with E-state index in [4.69, 9.17) is 0 Å². The molecule has 0 bridgehead atoms. The van der Waals surface area contributed by atoms with Crippen LogP contribution in [0.2, 0.25) is 0 Å². The minimum atomic E-state index is -0.475. The number of carbonyl (C=O) groups excluding carboxylic acids is 1. The van der Waals surface area contributed by atoms with Gasteiger partial charge in [0.2, 0.25) is 5.56 Å². The first kappa shape index (κ1) is 18.9. The van der Waals surface area contributed by atoms with Crippen LogP contribution in [0.5, 0.6) is 0 Å². The van der Waals surface area contributed by atoms with Crippen molar-refractivity contribution in [3.8, 4) is 0 Å². The molecule has 1 N–H and O–H groups in total. The van der Waals surface area contributed by atoms with E-state index in [-0.39, 0.29) is 12.5 Å². The topological polar surface area (TPSA) is 66.1 Å². The highest BCUT2D eigenvalue weighted by Crippen LogP contribution is 2.26. The van der Waals surface area contributed by atoms with Crippen LogP contribution in [0, 0.1) is 18.6 Å². The minimum absolute atomic E-state index is 0.0495. The van der Waals surface area contributed by atoms with Crippen LogP contribution in [-0.2, 0) is 6.54 Å². The lowest BCUT2D eigenvalue weighted by Gasteiger charge is -2.23. The van der Waals surface area contributed by atoms with Crippen LogP contribution < -0.4 is 10.5 Å². The van der Waals surface area contributed by atoms with Crippen LogP contribution in [0.3, 0.4) is 0 Å². The Morgan fingerprint density at radius 2 is 1.83 bits per heavy atom. The highest BCUT2D eigenvalue weighted by molar-refractivity contribution is 7.12. The summed E-state index contributed by atoms with van der Waals surface area (Å²) in [6.07, 6.45) is 0. The molecule has 2 aromatic heterocycles. The van der Waals surface area contributed by atoms with E-state index in [1.54, 1.807) is 18.5 Å². The Kier molecular flexibility index (Phi) is 4.94. The fourth-order valence-corrected chi connectivity index (χ4v) is 3.89. The van der Waals surface area contributed by atoms with E-state index in [0.717, 1.165) is 0 Å². The number of hydrogen-bond donors (Lipinski definition) is 1. The average Bonchev–Trinajstić information content (AvgIpc) is 3.11. The van der Waals surface area contributed by atoms with Gasteiger partial charge in [-0.1, -0.05) is 0 Å². The van der Waals surface area contributed by atoms with Crippen LogP contribution >= 0.6 is 11.3 Å². The third kappa shape index (κ3) is 3.79. The number of carbonyl (C=O) groups is 1. The first-order valence-electron chi connectivity index (χ1n) is 8.71. The molecule has 1 amide bonds. The second kappa shape index (κ2) is 7.56. The number of hydrogen-bond acceptors (Lipinski definition) is 4. The molecule has 0 fully saturated rings. The van der Waals surface area contributed by atoms with Gasteiger partial charge in [0.15, 0.2) is 0 Å². The van der Waals surface area contributed by atoms with Gasteiger partial charge in [0.25, 0.3) is 5.91 Å². The standard InChI is InChI=1S/C21H15F2N3O2S/c1-12-20(29-11-24-12)21(28)26(16-5-2-14(22)3-6-16)10-13-8-19(27)25-18-9-15(23)4-7-17(13)18/h2-9,11H,10H2,1H3,(H,25,27). The monoisotopic (exact) mass is 411 g/mol. The number of anilines is 1. The normalized spacial score (nSPS) is 11.0. The Morgan fingerprint density at radius 3 is 2.52 bits per heavy atom. The SMILES string of the molecule is Cc1ncsc1C(=O)N(Cc1cc(=O)[nH]c2cc(F)ccc12)c1ccc(F)cc1. The Hall–Kier alpha value is -3.39. The van der Waals surface area contributed by atoms with Crippen LogP contribution in [0.25, 0.3) is 10.9 Å². The van der Waals surface area contributed by atoms with Gasteiger partial charge in [-0.05, 0) is 55.0 Å². The molecule has 4 rings (SSSR count). The van der Waals surface area contributed by atoms with Gasteiger partial charge >= 0.3 is 0 Å². The average molecular weight is 411 g/mol. The number of pyridine rings is 1. The summed E-state index contributed by atoms with van der Waals surface area (Å²) < 4.78 is 27.0. The molecule has 0 atom stereocenters. The lowest BCUT2D eigenvalue weighted by molar-refractivity contribution is 0.0988. The van der Waals surface area contributed by atoms with Crippen molar-refractivity contribution >= 4 is 33.8 Å². The summed E-state index contributed by atoms with van der Waals surface area (Å²) in [5, 5.41) is 0.618. The summed E-state index contributed by atoms with van der Waals surface area (Å²) in [7, 11) is 0. The molecule has 8 heteroatoms. The zero-order valence-corrected chi connectivity index (χ0v) is 16.1. The van der Waals surface area contributed by atoms with Gasteiger partial charge < -0.3 is 9.88 Å². The van der Waals surface area contributed by atoms with Crippen LogP contribution in [0.1, 0.15) is 20.9 Å². The molecule has 4 aromatic rings. The maximum absolute atomic E-state index is 13.6. The lowest BCUT2D eigenvalue weighted by atomic mass is 10.1. The number of nitrogens with one attached hydrogen (secondary N) is 1. The lowest BCUT2D eigenvalue weighted by Crippen LogP contribution is -2.31. The van der Waals surface area contributed by atoms with Crippen molar-refractivity contribution in [2.45, 2.75) is 13.5 Å². The van der Waals surface area contributed by atoms with Crippen molar-refractivity contribution in [3.05, 3.63) is 92.2 Å². The summed E-state index contributed by atoms with van der Waals surface area (Å²) >= 11 is 1.21. The second-order valence-corrected chi connectivity index (χ2v) is 7.34. The molecule has 2 aromatic carbocycles. The first-order chi connectivity index (χ1) is 13.9. The van der Waals surface area contributed by atoms with Gasteiger partial charge in [-0.3, -0.25) is 9.59 Å². The molecule has 146 valence electrons. The number of aryl methyl sites for hydroxylation is 1. The van der Waals surface area contributed by atoms with Crippen molar-refractivity contribution < 1.29 is 13.6 Å². The molecule has 0 spiro atoms. The Labute approximate surface area is 168 Å². The summed E-state index contributed by atoms with van der Waals surface area (Å²) in [6, 6.07) is 11.0. The third-order valence-electron chi connectivity index (χ3n) is 4.54. The fourth-order valence-electron chi connectivity index (χ4n) is 3.14. The van der Waals surface area contributed by atoms with Crippen molar-refractivity contribution in [1.82, 2.24) is 9.97 Å². The molecule has 0 saturated carbocycles. The highest BCUT2D eigenvalue weighted by atomic mass is 32.1. The molecular weight excluding hydrogens is 396 g/mol. The Balaban J connectivity index is 1.83. The predicted octanol–water partition coefficient (Wildman–Crippen LogP) is 4.42. The van der Waals surface area contributed by atoms with Crippen LogP contribution in [0.15, 0.2) is 58.8 Å². The molecule has 0 unspecified atom stereocenters. The molecule has 0 radical (unpaired) electrons. The quantitative estimate of drug-likeness (QED) is 0.541. The highest BCUT2D eigenvalue weighted by Gasteiger charge is 2.23. The van der Waals surface area contributed by atoms with Gasteiger partial charge in [0.05, 0.1) is 23.3 Å². The van der Waals surface area contributed by atoms with E-state index in [0.29, 0.717) is 32.7 Å². The summed E-state index contributed by atoms with van der Waals surface area (Å²) in [5.74, 6) is -1.21. The van der Waals surface area contributed by atoms with Gasteiger partial charge in [-0.15, -0.1) is 11.3 Å². The van der Waals surface area contributed by atoms with E-state index >= 15 is 0 Å². The number of aromatic nitrogens is 2. The third-order valence-corrected chi connectivity index (χ3v) is 5.46. The molecule has 0 aliphatic carbocycles. The number of benzene rings is 2. The van der Waals surface area contributed by atoms with Crippen LogP contribution in [-0.4, -0.2) is 15.9 Å². The largest absolute Gasteiger partial charge is 0.322 e. The van der Waals surface area contributed by atoms with E-state index in [9.17, 15) is 18.4 Å².